The third-order valence-electron chi connectivity index (χ3n) is 1.67. The number of nitrogens with two attached hydrogens (primary N) is 1. The van der Waals surface area contributed by atoms with Crippen LogP contribution in [-0.4, -0.2) is 17.5 Å². The average molecular weight is 189 g/mol. The number of aliphatic carboxylic acids is 2. The van der Waals surface area contributed by atoms with Crippen LogP contribution in [0.25, 0.3) is 0 Å². The summed E-state index contributed by atoms with van der Waals surface area (Å²) in [5.41, 5.74) is 4.27. The number of hydrogen-bond acceptors (Lipinski definition) is 5. The van der Waals surface area contributed by atoms with Crippen molar-refractivity contribution >= 4 is 11.9 Å². The van der Waals surface area contributed by atoms with Crippen molar-refractivity contribution in [2.75, 3.05) is 0 Å². The van der Waals surface area contributed by atoms with Gasteiger partial charge in [0, 0.05) is 5.97 Å². The predicted molar refractivity (Wildman–Crippen MR) is 43.2 cm³/mol. The lowest BCUT2D eigenvalue weighted by Crippen LogP contribution is -2.54. The topological polar surface area (TPSA) is 106 Å². The van der Waals surface area contributed by atoms with Gasteiger partial charge < -0.3 is 25.5 Å². The predicted octanol–water partition coefficient (Wildman–Crippen LogP) is -1.99. The Hall–Kier alpha value is -1.10. The first-order valence-electron chi connectivity index (χ1n) is 3.98. The average Bonchev–Trinajstić information content (AvgIpc) is 2.01. The minimum Gasteiger partial charge on any atom is -0.550 e. The molecule has 0 saturated carbocycles. The van der Waals surface area contributed by atoms with Crippen molar-refractivity contribution in [1.29, 1.82) is 0 Å². The Morgan fingerprint density at radius 1 is 1.23 bits per heavy atom. The second kappa shape index (κ2) is 6.42. The molecule has 78 valence electrons. The number of carbonyl (C=O) groups excluding carboxylic acids is 2. The maximum absolute atomic E-state index is 10.2. The molecule has 13 heavy (non-hydrogen) atoms. The van der Waals surface area contributed by atoms with Gasteiger partial charge in [0.1, 0.15) is 0 Å². The van der Waals surface area contributed by atoms with Crippen LogP contribution in [-0.2, 0) is 9.59 Å². The van der Waals surface area contributed by atoms with E-state index >= 15 is 0 Å². The standard InChI is InChI=1S/C6H13NO2.C2H4O2/c1-3-6(7,4-2)5(8)9;1-2(3)4/h3-4,7H2,1-2H3,(H,8,9);1H3,(H,3,4)/p-2. The van der Waals surface area contributed by atoms with E-state index in [9.17, 15) is 9.90 Å². The van der Waals surface area contributed by atoms with Gasteiger partial charge in [-0.2, -0.15) is 0 Å². The summed E-state index contributed by atoms with van der Waals surface area (Å²) >= 11 is 0. The van der Waals surface area contributed by atoms with Crippen LogP contribution in [0.2, 0.25) is 0 Å². The third-order valence-corrected chi connectivity index (χ3v) is 1.67. The van der Waals surface area contributed by atoms with Crippen molar-refractivity contribution < 1.29 is 19.8 Å². The van der Waals surface area contributed by atoms with Crippen molar-refractivity contribution in [3.05, 3.63) is 0 Å². The summed E-state index contributed by atoms with van der Waals surface area (Å²) in [6, 6.07) is 0. The Morgan fingerprint density at radius 3 is 1.46 bits per heavy atom. The lowest BCUT2D eigenvalue weighted by Gasteiger charge is -2.27. The van der Waals surface area contributed by atoms with Crippen molar-refractivity contribution in [2.45, 2.75) is 39.2 Å². The van der Waals surface area contributed by atoms with Crippen LogP contribution in [0.1, 0.15) is 33.6 Å². The summed E-state index contributed by atoms with van der Waals surface area (Å²) < 4.78 is 0. The first-order chi connectivity index (χ1) is 5.80. The molecule has 5 nitrogen and oxygen atoms in total. The van der Waals surface area contributed by atoms with Gasteiger partial charge in [-0.05, 0) is 19.8 Å². The molecule has 0 aromatic heterocycles. The minimum absolute atomic E-state index is 0.422. The molecule has 0 amide bonds. The monoisotopic (exact) mass is 189 g/mol. The lowest BCUT2D eigenvalue weighted by atomic mass is 9.95. The summed E-state index contributed by atoms with van der Waals surface area (Å²) in [6.07, 6.45) is 0.845. The number of rotatable bonds is 3. The first-order valence-corrected chi connectivity index (χ1v) is 3.98. The molecule has 0 spiro atoms. The second-order valence-electron chi connectivity index (χ2n) is 2.64. The molecule has 0 aromatic carbocycles. The van der Waals surface area contributed by atoms with E-state index in [-0.39, 0.29) is 0 Å². The van der Waals surface area contributed by atoms with Gasteiger partial charge >= 0.3 is 0 Å². The van der Waals surface area contributed by atoms with E-state index in [0.717, 1.165) is 6.92 Å². The van der Waals surface area contributed by atoms with Gasteiger partial charge in [0.2, 0.25) is 0 Å². The van der Waals surface area contributed by atoms with Gasteiger partial charge in [0.25, 0.3) is 0 Å². The molecule has 2 N–H and O–H groups in total. The van der Waals surface area contributed by atoms with Crippen LogP contribution < -0.4 is 15.9 Å². The molecule has 0 atom stereocenters. The number of carbonyl (C=O) groups is 2. The van der Waals surface area contributed by atoms with E-state index in [1.807, 2.05) is 0 Å². The molecule has 0 aliphatic heterocycles. The van der Waals surface area contributed by atoms with E-state index in [1.54, 1.807) is 13.8 Å². The smallest absolute Gasteiger partial charge is 0.0613 e. The fourth-order valence-corrected chi connectivity index (χ4v) is 0.539. The van der Waals surface area contributed by atoms with Crippen molar-refractivity contribution in [3.63, 3.8) is 0 Å². The normalized spacial score (nSPS) is 9.85. The van der Waals surface area contributed by atoms with E-state index in [0.29, 0.717) is 12.8 Å². The minimum atomic E-state index is -1.16. The zero-order chi connectivity index (χ0) is 11.1. The van der Waals surface area contributed by atoms with Gasteiger partial charge in [0.05, 0.1) is 11.5 Å². The highest BCUT2D eigenvalue weighted by Crippen LogP contribution is 2.08. The van der Waals surface area contributed by atoms with Crippen LogP contribution in [0.3, 0.4) is 0 Å². The summed E-state index contributed by atoms with van der Waals surface area (Å²) in [7, 11) is 0. The van der Waals surface area contributed by atoms with Gasteiger partial charge in [-0.1, -0.05) is 13.8 Å². The molecule has 0 saturated heterocycles. The molecule has 0 radical (unpaired) electrons. The Morgan fingerprint density at radius 2 is 1.46 bits per heavy atom. The van der Waals surface area contributed by atoms with E-state index in [1.165, 1.54) is 0 Å². The van der Waals surface area contributed by atoms with Crippen LogP contribution >= 0.6 is 0 Å². The molecule has 0 rings (SSSR count). The Balaban J connectivity index is 0. The zero-order valence-corrected chi connectivity index (χ0v) is 8.12. The van der Waals surface area contributed by atoms with Gasteiger partial charge in [-0.25, -0.2) is 0 Å². The van der Waals surface area contributed by atoms with E-state index in [2.05, 4.69) is 0 Å². The quantitative estimate of drug-likeness (QED) is 0.553. The SMILES string of the molecule is CC(=O)[O-].CCC(N)(CC)C(=O)[O-]. The molecular formula is C8H15NO4-2. The Labute approximate surface area is 77.6 Å². The second-order valence-corrected chi connectivity index (χ2v) is 2.64. The number of carboxylic acids is 2. The zero-order valence-electron chi connectivity index (χ0n) is 8.12. The molecule has 0 heterocycles. The highest BCUT2D eigenvalue weighted by Gasteiger charge is 2.20. The fraction of sp³-hybridized carbons (Fsp3) is 0.750. The highest BCUT2D eigenvalue weighted by molar-refractivity contribution is 5.76. The highest BCUT2D eigenvalue weighted by atomic mass is 16.4. The maximum Gasteiger partial charge on any atom is 0.0613 e. The molecule has 0 aliphatic carbocycles. The lowest BCUT2D eigenvalue weighted by molar-refractivity contribution is -0.313. The summed E-state index contributed by atoms with van der Waals surface area (Å²) in [5, 5.41) is 19.1. The molecule has 0 fully saturated rings. The van der Waals surface area contributed by atoms with Gasteiger partial charge in [-0.15, -0.1) is 0 Å². The van der Waals surface area contributed by atoms with Crippen LogP contribution in [0.15, 0.2) is 0 Å². The van der Waals surface area contributed by atoms with Crippen LogP contribution in [0.4, 0.5) is 0 Å². The van der Waals surface area contributed by atoms with Crippen molar-refractivity contribution in [3.8, 4) is 0 Å². The van der Waals surface area contributed by atoms with Crippen LogP contribution in [0, 0.1) is 0 Å². The van der Waals surface area contributed by atoms with Gasteiger partial charge in [-0.3, -0.25) is 0 Å². The number of hydrogen-bond donors (Lipinski definition) is 1. The van der Waals surface area contributed by atoms with Crippen molar-refractivity contribution in [2.24, 2.45) is 5.73 Å². The molecule has 0 aliphatic rings. The summed E-state index contributed by atoms with van der Waals surface area (Å²) in [4.78, 5) is 19.1. The largest absolute Gasteiger partial charge is 0.550 e. The van der Waals surface area contributed by atoms with Crippen LogP contribution in [0.5, 0.6) is 0 Å². The van der Waals surface area contributed by atoms with Gasteiger partial charge in [0.15, 0.2) is 0 Å². The molecule has 0 bridgehead atoms. The molecule has 0 aromatic rings. The van der Waals surface area contributed by atoms with E-state index in [4.69, 9.17) is 15.6 Å². The Kier molecular flexibility index (Phi) is 7.12. The third kappa shape index (κ3) is 7.27. The molecule has 5 heteroatoms. The van der Waals surface area contributed by atoms with E-state index < -0.39 is 17.5 Å². The maximum atomic E-state index is 10.2. The molecule has 0 unspecified atom stereocenters. The van der Waals surface area contributed by atoms with Crippen molar-refractivity contribution in [1.82, 2.24) is 0 Å². The summed E-state index contributed by atoms with van der Waals surface area (Å²) in [5.74, 6) is -2.24. The molecular weight excluding hydrogens is 174 g/mol. The Bertz CT molecular complexity index is 171. The first kappa shape index (κ1) is 14.4. The number of carboxylic acid groups (broad SMARTS) is 2. The summed E-state index contributed by atoms with van der Waals surface area (Å²) in [6.45, 7) is 4.44. The fourth-order valence-electron chi connectivity index (χ4n) is 0.539.